The molecule has 10 nitrogen and oxygen atoms in total. The number of aromatic nitrogens is 4. The number of hydrogen-bond donors (Lipinski definition) is 0. The normalized spacial score (nSPS) is 15.2. The number of carbonyl (C=O) groups is 1. The van der Waals surface area contributed by atoms with E-state index in [1.165, 1.54) is 18.7 Å². The second-order valence-electron chi connectivity index (χ2n) is 7.28. The number of piperazine rings is 1. The maximum atomic E-state index is 12.9. The Balaban J connectivity index is 1.51. The molecule has 0 aliphatic carbocycles. The van der Waals surface area contributed by atoms with Gasteiger partial charge in [-0.15, -0.1) is 0 Å². The van der Waals surface area contributed by atoms with Gasteiger partial charge in [0.05, 0.1) is 17.6 Å². The van der Waals surface area contributed by atoms with Gasteiger partial charge in [-0.05, 0) is 19.1 Å². The Morgan fingerprint density at radius 2 is 1.83 bits per heavy atom. The van der Waals surface area contributed by atoms with Crippen molar-refractivity contribution in [1.82, 2.24) is 29.1 Å². The number of pyridine rings is 1. The first-order valence-corrected chi connectivity index (χ1v) is 9.36. The fraction of sp³-hybridized carbons (Fsp3) is 0.421. The minimum absolute atomic E-state index is 0.211. The van der Waals surface area contributed by atoms with Crippen molar-refractivity contribution in [2.24, 2.45) is 14.1 Å². The van der Waals surface area contributed by atoms with Gasteiger partial charge in [0, 0.05) is 46.3 Å². The lowest BCUT2D eigenvalue weighted by molar-refractivity contribution is 0.0612. The van der Waals surface area contributed by atoms with E-state index in [2.05, 4.69) is 15.0 Å². The van der Waals surface area contributed by atoms with Gasteiger partial charge >= 0.3 is 5.69 Å². The molecule has 3 aromatic heterocycles. The monoisotopic (exact) mass is 398 g/mol. The van der Waals surface area contributed by atoms with Gasteiger partial charge < -0.3 is 9.42 Å². The smallest absolute Gasteiger partial charge is 0.332 e. The van der Waals surface area contributed by atoms with Crippen LogP contribution < -0.4 is 11.2 Å². The summed E-state index contributed by atoms with van der Waals surface area (Å²) in [6, 6.07) is 5.01. The molecule has 0 unspecified atom stereocenters. The van der Waals surface area contributed by atoms with Crippen LogP contribution in [-0.4, -0.2) is 61.2 Å². The van der Waals surface area contributed by atoms with Crippen LogP contribution >= 0.6 is 0 Å². The van der Waals surface area contributed by atoms with Crippen molar-refractivity contribution in [3.8, 4) is 0 Å². The molecule has 1 saturated heterocycles. The van der Waals surface area contributed by atoms with Crippen LogP contribution in [0.25, 0.3) is 11.0 Å². The lowest BCUT2D eigenvalue weighted by Crippen LogP contribution is -2.48. The standard InChI is InChI=1S/C19H22N6O4/c1-12-10-13(29-21-12)11-24-6-8-25(9-7-24)18(27)15-5-4-14-16(20-15)22(2)19(28)23(3)17(14)26/h4-5,10H,6-9,11H2,1-3H3. The molecule has 0 radical (unpaired) electrons. The highest BCUT2D eigenvalue weighted by Gasteiger charge is 2.24. The highest BCUT2D eigenvalue weighted by atomic mass is 16.5. The molecule has 1 amide bonds. The van der Waals surface area contributed by atoms with Crippen LogP contribution in [0.5, 0.6) is 0 Å². The highest BCUT2D eigenvalue weighted by molar-refractivity contribution is 5.94. The average Bonchev–Trinajstić information content (AvgIpc) is 3.14. The maximum absolute atomic E-state index is 12.9. The SMILES string of the molecule is Cc1cc(CN2CCN(C(=O)c3ccc4c(=O)n(C)c(=O)n(C)c4n3)CC2)on1. The molecule has 4 rings (SSSR count). The molecule has 3 aromatic rings. The molecular weight excluding hydrogens is 376 g/mol. The topological polar surface area (TPSA) is 106 Å². The summed E-state index contributed by atoms with van der Waals surface area (Å²) >= 11 is 0. The van der Waals surface area contributed by atoms with Gasteiger partial charge in [0.1, 0.15) is 11.3 Å². The first kappa shape index (κ1) is 19.1. The fourth-order valence-electron chi connectivity index (χ4n) is 3.56. The lowest BCUT2D eigenvalue weighted by Gasteiger charge is -2.34. The summed E-state index contributed by atoms with van der Waals surface area (Å²) in [5.74, 6) is 0.594. The third-order valence-corrected chi connectivity index (χ3v) is 5.24. The molecule has 152 valence electrons. The molecule has 1 aliphatic heterocycles. The highest BCUT2D eigenvalue weighted by Crippen LogP contribution is 2.13. The van der Waals surface area contributed by atoms with Crippen LogP contribution in [0.4, 0.5) is 0 Å². The van der Waals surface area contributed by atoms with E-state index in [1.54, 1.807) is 17.0 Å². The van der Waals surface area contributed by atoms with Gasteiger partial charge in [0.25, 0.3) is 11.5 Å². The number of aryl methyl sites for hydroxylation is 2. The molecule has 10 heteroatoms. The minimum Gasteiger partial charge on any atom is -0.360 e. The molecule has 0 saturated carbocycles. The Morgan fingerprint density at radius 1 is 1.10 bits per heavy atom. The second kappa shape index (κ2) is 7.28. The van der Waals surface area contributed by atoms with Crippen molar-refractivity contribution < 1.29 is 9.32 Å². The molecule has 4 heterocycles. The van der Waals surface area contributed by atoms with E-state index in [0.29, 0.717) is 38.1 Å². The van der Waals surface area contributed by atoms with Gasteiger partial charge in [0.2, 0.25) is 0 Å². The van der Waals surface area contributed by atoms with E-state index in [0.717, 1.165) is 16.0 Å². The lowest BCUT2D eigenvalue weighted by atomic mass is 10.2. The summed E-state index contributed by atoms with van der Waals surface area (Å²) in [5.41, 5.74) is 0.380. The zero-order chi connectivity index (χ0) is 20.7. The van der Waals surface area contributed by atoms with Crippen molar-refractivity contribution in [3.63, 3.8) is 0 Å². The summed E-state index contributed by atoms with van der Waals surface area (Å²) < 4.78 is 7.56. The largest absolute Gasteiger partial charge is 0.360 e. The summed E-state index contributed by atoms with van der Waals surface area (Å²) in [4.78, 5) is 45.6. The number of carbonyl (C=O) groups excluding carboxylic acids is 1. The van der Waals surface area contributed by atoms with E-state index in [-0.39, 0.29) is 17.2 Å². The van der Waals surface area contributed by atoms with Gasteiger partial charge in [0.15, 0.2) is 5.76 Å². The third kappa shape index (κ3) is 3.46. The molecule has 0 N–H and O–H groups in total. The Bertz CT molecular complexity index is 1200. The van der Waals surface area contributed by atoms with Crippen LogP contribution in [0.2, 0.25) is 0 Å². The van der Waals surface area contributed by atoms with Crippen LogP contribution in [-0.2, 0) is 20.6 Å². The summed E-state index contributed by atoms with van der Waals surface area (Å²) in [5, 5.41) is 4.20. The number of hydrogen-bond acceptors (Lipinski definition) is 7. The van der Waals surface area contributed by atoms with Crippen LogP contribution in [0.3, 0.4) is 0 Å². The van der Waals surface area contributed by atoms with Gasteiger partial charge in [-0.2, -0.15) is 0 Å². The summed E-state index contributed by atoms with van der Waals surface area (Å²) in [6.07, 6.45) is 0. The zero-order valence-electron chi connectivity index (χ0n) is 16.6. The molecule has 29 heavy (non-hydrogen) atoms. The van der Waals surface area contributed by atoms with Crippen molar-refractivity contribution >= 4 is 16.9 Å². The number of fused-ring (bicyclic) bond motifs is 1. The van der Waals surface area contributed by atoms with Gasteiger partial charge in [-0.25, -0.2) is 9.78 Å². The Morgan fingerprint density at radius 3 is 2.48 bits per heavy atom. The summed E-state index contributed by atoms with van der Waals surface area (Å²) in [6.45, 7) is 5.06. The zero-order valence-corrected chi connectivity index (χ0v) is 16.6. The Kier molecular flexibility index (Phi) is 4.79. The first-order valence-electron chi connectivity index (χ1n) is 9.36. The second-order valence-corrected chi connectivity index (χ2v) is 7.28. The maximum Gasteiger partial charge on any atom is 0.332 e. The minimum atomic E-state index is -0.476. The Hall–Kier alpha value is -3.27. The number of nitrogens with zero attached hydrogens (tertiary/aromatic N) is 6. The van der Waals surface area contributed by atoms with Crippen molar-refractivity contribution in [2.75, 3.05) is 26.2 Å². The molecule has 0 bridgehead atoms. The molecule has 1 fully saturated rings. The van der Waals surface area contributed by atoms with Crippen molar-refractivity contribution in [1.29, 1.82) is 0 Å². The molecule has 0 aromatic carbocycles. The number of amides is 1. The fourth-order valence-corrected chi connectivity index (χ4v) is 3.56. The molecule has 0 spiro atoms. The van der Waals surface area contributed by atoms with Crippen LogP contribution in [0, 0.1) is 6.92 Å². The van der Waals surface area contributed by atoms with E-state index < -0.39 is 11.2 Å². The van der Waals surface area contributed by atoms with E-state index in [9.17, 15) is 14.4 Å². The van der Waals surface area contributed by atoms with Crippen LogP contribution in [0.15, 0.2) is 32.3 Å². The van der Waals surface area contributed by atoms with Crippen molar-refractivity contribution in [2.45, 2.75) is 13.5 Å². The molecule has 1 aliphatic rings. The Labute approximate surface area is 165 Å². The average molecular weight is 398 g/mol. The molecule has 0 atom stereocenters. The summed E-state index contributed by atoms with van der Waals surface area (Å²) in [7, 11) is 2.96. The first-order chi connectivity index (χ1) is 13.8. The van der Waals surface area contributed by atoms with Gasteiger partial charge in [-0.3, -0.25) is 23.6 Å². The van der Waals surface area contributed by atoms with Gasteiger partial charge in [-0.1, -0.05) is 5.16 Å². The van der Waals surface area contributed by atoms with Crippen LogP contribution in [0.1, 0.15) is 21.9 Å². The van der Waals surface area contributed by atoms with E-state index >= 15 is 0 Å². The van der Waals surface area contributed by atoms with E-state index in [4.69, 9.17) is 4.52 Å². The number of rotatable bonds is 3. The predicted molar refractivity (Wildman–Crippen MR) is 105 cm³/mol. The van der Waals surface area contributed by atoms with Crippen molar-refractivity contribution in [3.05, 3.63) is 56.2 Å². The molecular formula is C19H22N6O4. The third-order valence-electron chi connectivity index (χ3n) is 5.24. The van der Waals surface area contributed by atoms with E-state index in [1.807, 2.05) is 13.0 Å². The quantitative estimate of drug-likeness (QED) is 0.606. The predicted octanol–water partition coefficient (Wildman–Crippen LogP) is -0.113.